The summed E-state index contributed by atoms with van der Waals surface area (Å²) in [5.74, 6) is -0.214. The number of esters is 1. The molecule has 0 spiro atoms. The van der Waals surface area contributed by atoms with Crippen LogP contribution in [0.25, 0.3) is 0 Å². The highest BCUT2D eigenvalue weighted by atomic mass is 16.7. The fourth-order valence-corrected chi connectivity index (χ4v) is 9.29. The molecule has 7 unspecified atom stereocenters. The lowest BCUT2D eigenvalue weighted by Gasteiger charge is -2.40. The molecule has 0 aromatic rings. The number of nitrogens with one attached hydrogen (secondary N) is 1. The molecule has 1 rings (SSSR count). The van der Waals surface area contributed by atoms with Gasteiger partial charge in [-0.3, -0.25) is 9.59 Å². The van der Waals surface area contributed by atoms with Crippen molar-refractivity contribution in [2.45, 2.75) is 307 Å². The van der Waals surface area contributed by atoms with Gasteiger partial charge in [-0.2, -0.15) is 0 Å². The summed E-state index contributed by atoms with van der Waals surface area (Å²) in [5.41, 5.74) is 0. The maximum absolute atomic E-state index is 13.0. The normalized spacial score (nSPS) is 19.3. The molecular formula is C63H113NO10. The lowest BCUT2D eigenvalue weighted by Crippen LogP contribution is -2.60. The molecule has 1 saturated heterocycles. The van der Waals surface area contributed by atoms with Gasteiger partial charge in [-0.1, -0.05) is 209 Å². The van der Waals surface area contributed by atoms with E-state index in [1.54, 1.807) is 6.08 Å². The number of aliphatic hydroxyl groups excluding tert-OH is 5. The SMILES string of the molecule is C/C=C/CC/C=C/CC/C=C/C(O)C(COC1OC(CO)C(O)C(O)C1O)NC(=O)CCCCCCCCCC/C=C\CCCCCCCCCCCCCCOC(=O)CCCCCCC/C=C\CCCCCC. The van der Waals surface area contributed by atoms with E-state index in [1.165, 1.54) is 161 Å². The van der Waals surface area contributed by atoms with Crippen molar-refractivity contribution in [1.82, 2.24) is 5.32 Å². The summed E-state index contributed by atoms with van der Waals surface area (Å²) in [6, 6.07) is -0.837. The van der Waals surface area contributed by atoms with E-state index < -0.39 is 49.5 Å². The van der Waals surface area contributed by atoms with Gasteiger partial charge in [-0.25, -0.2) is 0 Å². The molecule has 0 aromatic heterocycles. The van der Waals surface area contributed by atoms with Crippen LogP contribution in [-0.2, 0) is 23.8 Å². The van der Waals surface area contributed by atoms with Crippen molar-refractivity contribution < 1.29 is 49.3 Å². The minimum atomic E-state index is -1.58. The minimum absolute atomic E-state index is 0.00944. The molecule has 0 aromatic carbocycles. The number of amides is 1. The first-order chi connectivity index (χ1) is 36.2. The van der Waals surface area contributed by atoms with E-state index >= 15 is 0 Å². The van der Waals surface area contributed by atoms with Crippen molar-refractivity contribution in [3.8, 4) is 0 Å². The highest BCUT2D eigenvalue weighted by molar-refractivity contribution is 5.76. The first kappa shape index (κ1) is 69.4. The van der Waals surface area contributed by atoms with Crippen LogP contribution in [0.15, 0.2) is 60.8 Å². The Morgan fingerprint density at radius 2 is 0.932 bits per heavy atom. The Morgan fingerprint density at radius 1 is 0.514 bits per heavy atom. The Morgan fingerprint density at radius 3 is 1.42 bits per heavy atom. The summed E-state index contributed by atoms with van der Waals surface area (Å²) < 4.78 is 16.6. The molecule has 7 atom stereocenters. The fourth-order valence-electron chi connectivity index (χ4n) is 9.29. The smallest absolute Gasteiger partial charge is 0.305 e. The quantitative estimate of drug-likeness (QED) is 0.0195. The molecule has 430 valence electrons. The maximum Gasteiger partial charge on any atom is 0.305 e. The lowest BCUT2D eigenvalue weighted by atomic mass is 9.99. The topological polar surface area (TPSA) is 175 Å². The van der Waals surface area contributed by atoms with Gasteiger partial charge in [-0.05, 0) is 103 Å². The van der Waals surface area contributed by atoms with Crippen LogP contribution in [0.2, 0.25) is 0 Å². The highest BCUT2D eigenvalue weighted by Gasteiger charge is 2.44. The number of allylic oxidation sites excluding steroid dienone is 9. The van der Waals surface area contributed by atoms with Gasteiger partial charge in [0.2, 0.25) is 5.91 Å². The minimum Gasteiger partial charge on any atom is -0.466 e. The van der Waals surface area contributed by atoms with Gasteiger partial charge in [0.15, 0.2) is 6.29 Å². The standard InChI is InChI=1S/C63H113NO10/c1-3-5-7-9-11-13-14-27-31-35-39-43-47-51-59(68)72-52-48-44-40-36-32-29-26-24-22-20-18-16-15-17-19-21-23-25-28-30-34-38-42-46-50-58(67)64-55(56(66)49-45-41-37-33-12-10-8-6-4-2)54-73-63-62(71)61(70)60(69)57(53-65)74-63/h4,6,12-14,17,19,33,45,49,55-57,60-63,65-66,69-71H,3,5,7-11,15-16,18,20-32,34-44,46-48,50-54H2,1-2H3,(H,64,67)/b6-4+,14-13-,19-17-,33-12+,49-45+. The lowest BCUT2D eigenvalue weighted by molar-refractivity contribution is -0.302. The molecule has 0 bridgehead atoms. The number of carbonyl (C=O) groups is 2. The van der Waals surface area contributed by atoms with Gasteiger partial charge in [0.25, 0.3) is 0 Å². The number of rotatable bonds is 52. The van der Waals surface area contributed by atoms with Crippen molar-refractivity contribution in [3.05, 3.63) is 60.8 Å². The Labute approximate surface area is 452 Å². The van der Waals surface area contributed by atoms with Crippen molar-refractivity contribution in [2.24, 2.45) is 0 Å². The average Bonchev–Trinajstić information content (AvgIpc) is 3.40. The Kier molecular flexibility index (Phi) is 49.1. The van der Waals surface area contributed by atoms with E-state index in [4.69, 9.17) is 14.2 Å². The van der Waals surface area contributed by atoms with Gasteiger partial charge in [-0.15, -0.1) is 0 Å². The molecule has 0 aliphatic carbocycles. The Hall–Kier alpha value is -2.64. The number of carbonyl (C=O) groups excluding carboxylic acids is 2. The summed E-state index contributed by atoms with van der Waals surface area (Å²) in [6.45, 7) is 4.06. The zero-order chi connectivity index (χ0) is 53.8. The largest absolute Gasteiger partial charge is 0.466 e. The summed E-state index contributed by atoms with van der Waals surface area (Å²) in [5, 5.41) is 54.1. The zero-order valence-corrected chi connectivity index (χ0v) is 47.3. The van der Waals surface area contributed by atoms with Crippen LogP contribution in [0.3, 0.4) is 0 Å². The van der Waals surface area contributed by atoms with E-state index in [9.17, 15) is 35.1 Å². The van der Waals surface area contributed by atoms with Crippen molar-refractivity contribution >= 4 is 11.9 Å². The van der Waals surface area contributed by atoms with Crippen molar-refractivity contribution in [1.29, 1.82) is 0 Å². The van der Waals surface area contributed by atoms with E-state index in [0.717, 1.165) is 77.0 Å². The van der Waals surface area contributed by atoms with Crippen LogP contribution < -0.4 is 5.32 Å². The molecule has 6 N–H and O–H groups in total. The van der Waals surface area contributed by atoms with Gasteiger partial charge >= 0.3 is 5.97 Å². The second-order valence-electron chi connectivity index (χ2n) is 21.0. The van der Waals surface area contributed by atoms with Crippen LogP contribution in [0.5, 0.6) is 0 Å². The maximum atomic E-state index is 13.0. The summed E-state index contributed by atoms with van der Waals surface area (Å²) in [4.78, 5) is 25.0. The van der Waals surface area contributed by atoms with Crippen LogP contribution in [0.4, 0.5) is 0 Å². The second kappa shape index (κ2) is 52.4. The van der Waals surface area contributed by atoms with Gasteiger partial charge in [0.05, 0.1) is 32.0 Å². The average molecular weight is 1040 g/mol. The molecule has 74 heavy (non-hydrogen) atoms. The number of ether oxygens (including phenoxy) is 3. The predicted molar refractivity (Wildman–Crippen MR) is 306 cm³/mol. The summed E-state index contributed by atoms with van der Waals surface area (Å²) in [6.07, 6.45) is 57.9. The molecule has 11 heteroatoms. The van der Waals surface area contributed by atoms with Gasteiger partial charge in [0, 0.05) is 12.8 Å². The second-order valence-corrected chi connectivity index (χ2v) is 21.0. The first-order valence-corrected chi connectivity index (χ1v) is 30.5. The third-order valence-electron chi connectivity index (χ3n) is 14.1. The third-order valence-corrected chi connectivity index (χ3v) is 14.1. The van der Waals surface area contributed by atoms with Crippen LogP contribution >= 0.6 is 0 Å². The van der Waals surface area contributed by atoms with Crippen LogP contribution in [-0.4, -0.2) is 100 Å². The highest BCUT2D eigenvalue weighted by Crippen LogP contribution is 2.23. The van der Waals surface area contributed by atoms with Crippen LogP contribution in [0.1, 0.15) is 264 Å². The molecule has 11 nitrogen and oxygen atoms in total. The molecule has 1 amide bonds. The Balaban J connectivity index is 2.00. The van der Waals surface area contributed by atoms with Crippen molar-refractivity contribution in [3.63, 3.8) is 0 Å². The molecule has 0 radical (unpaired) electrons. The van der Waals surface area contributed by atoms with E-state index in [0.29, 0.717) is 19.4 Å². The molecular weight excluding hydrogens is 931 g/mol. The number of hydrogen-bond acceptors (Lipinski definition) is 10. The summed E-state index contributed by atoms with van der Waals surface area (Å²) >= 11 is 0. The number of aliphatic hydroxyl groups is 5. The van der Waals surface area contributed by atoms with E-state index in [2.05, 4.69) is 54.8 Å². The van der Waals surface area contributed by atoms with Gasteiger partial charge in [0.1, 0.15) is 24.4 Å². The van der Waals surface area contributed by atoms with E-state index in [1.807, 2.05) is 19.1 Å². The first-order valence-electron chi connectivity index (χ1n) is 30.5. The fraction of sp³-hybridized carbons (Fsp3) is 0.810. The zero-order valence-electron chi connectivity index (χ0n) is 47.3. The third kappa shape index (κ3) is 41.5. The molecule has 0 saturated carbocycles. The number of unbranched alkanes of at least 4 members (excludes halogenated alkanes) is 31. The monoisotopic (exact) mass is 1040 g/mol. The van der Waals surface area contributed by atoms with Gasteiger partial charge < -0.3 is 45.1 Å². The van der Waals surface area contributed by atoms with Crippen LogP contribution in [0, 0.1) is 0 Å². The molecule has 1 aliphatic rings. The molecule has 1 fully saturated rings. The summed E-state index contributed by atoms with van der Waals surface area (Å²) in [7, 11) is 0. The number of hydrogen-bond donors (Lipinski definition) is 6. The molecule has 1 aliphatic heterocycles. The van der Waals surface area contributed by atoms with Crippen molar-refractivity contribution in [2.75, 3.05) is 19.8 Å². The molecule has 1 heterocycles. The van der Waals surface area contributed by atoms with E-state index in [-0.39, 0.29) is 18.5 Å². The Bertz CT molecular complexity index is 1410. The predicted octanol–water partition coefficient (Wildman–Crippen LogP) is 14.2.